The molecule has 1 aromatic heterocycles. The van der Waals surface area contributed by atoms with Crippen LogP contribution in [0.1, 0.15) is 29.6 Å². The van der Waals surface area contributed by atoms with Crippen LogP contribution in [0.4, 0.5) is 5.95 Å². The molecule has 4 rings (SSSR count). The zero-order valence-electron chi connectivity index (χ0n) is 13.2. The monoisotopic (exact) mass is 340 g/mol. The molecule has 0 amide bonds. The number of benzene rings is 2. The highest BCUT2D eigenvalue weighted by Gasteiger charge is 2.30. The first kappa shape index (κ1) is 15.0. The SMILES string of the molecule is COc1cccc(C2CC(c3ccccc3Cl)Nc3ncnn32)c1. The molecule has 0 spiro atoms. The summed E-state index contributed by atoms with van der Waals surface area (Å²) in [6.07, 6.45) is 2.40. The van der Waals surface area contributed by atoms with Crippen molar-refractivity contribution in [2.75, 3.05) is 12.4 Å². The average Bonchev–Trinajstić information content (AvgIpc) is 3.10. The summed E-state index contributed by atoms with van der Waals surface area (Å²) in [5, 5.41) is 8.58. The summed E-state index contributed by atoms with van der Waals surface area (Å²) in [6.45, 7) is 0. The molecule has 122 valence electrons. The second kappa shape index (κ2) is 6.17. The number of fused-ring (bicyclic) bond motifs is 1. The number of rotatable bonds is 3. The number of ether oxygens (including phenoxy) is 1. The lowest BCUT2D eigenvalue weighted by Gasteiger charge is -2.32. The fraction of sp³-hybridized carbons (Fsp3) is 0.222. The predicted molar refractivity (Wildman–Crippen MR) is 93.6 cm³/mol. The highest BCUT2D eigenvalue weighted by molar-refractivity contribution is 6.31. The van der Waals surface area contributed by atoms with E-state index in [-0.39, 0.29) is 12.1 Å². The van der Waals surface area contributed by atoms with Gasteiger partial charge in [0.15, 0.2) is 0 Å². The van der Waals surface area contributed by atoms with Crippen LogP contribution < -0.4 is 10.1 Å². The Morgan fingerprint density at radius 3 is 2.92 bits per heavy atom. The van der Waals surface area contributed by atoms with Crippen molar-refractivity contribution in [2.24, 2.45) is 0 Å². The first-order valence-corrected chi connectivity index (χ1v) is 8.18. The third-order valence-electron chi connectivity index (χ3n) is 4.39. The number of aromatic nitrogens is 3. The fourth-order valence-corrected chi connectivity index (χ4v) is 3.48. The molecule has 2 heterocycles. The molecule has 0 bridgehead atoms. The van der Waals surface area contributed by atoms with Gasteiger partial charge in [-0.2, -0.15) is 10.1 Å². The lowest BCUT2D eigenvalue weighted by molar-refractivity contribution is 0.406. The zero-order chi connectivity index (χ0) is 16.5. The topological polar surface area (TPSA) is 52.0 Å². The van der Waals surface area contributed by atoms with Crippen LogP contribution in [0, 0.1) is 0 Å². The van der Waals surface area contributed by atoms with Crippen molar-refractivity contribution < 1.29 is 4.74 Å². The van der Waals surface area contributed by atoms with E-state index in [0.717, 1.165) is 34.3 Å². The highest BCUT2D eigenvalue weighted by Crippen LogP contribution is 2.39. The lowest BCUT2D eigenvalue weighted by Crippen LogP contribution is -2.28. The molecular formula is C18H17ClN4O. The van der Waals surface area contributed by atoms with E-state index in [2.05, 4.69) is 27.5 Å². The Bertz CT molecular complexity index is 863. The maximum absolute atomic E-state index is 6.40. The van der Waals surface area contributed by atoms with Crippen molar-refractivity contribution in [1.29, 1.82) is 0 Å². The molecule has 0 saturated carbocycles. The zero-order valence-corrected chi connectivity index (χ0v) is 13.9. The molecule has 2 unspecified atom stereocenters. The Morgan fingerprint density at radius 1 is 1.21 bits per heavy atom. The number of halogens is 1. The van der Waals surface area contributed by atoms with Crippen LogP contribution >= 0.6 is 11.6 Å². The van der Waals surface area contributed by atoms with Crippen molar-refractivity contribution in [2.45, 2.75) is 18.5 Å². The van der Waals surface area contributed by atoms with Gasteiger partial charge < -0.3 is 10.1 Å². The molecule has 5 nitrogen and oxygen atoms in total. The van der Waals surface area contributed by atoms with Crippen molar-refractivity contribution >= 4 is 17.5 Å². The van der Waals surface area contributed by atoms with Crippen LogP contribution in [0.25, 0.3) is 0 Å². The van der Waals surface area contributed by atoms with Crippen molar-refractivity contribution in [3.05, 3.63) is 71.0 Å². The first-order valence-electron chi connectivity index (χ1n) is 7.80. The van der Waals surface area contributed by atoms with E-state index in [1.807, 2.05) is 41.1 Å². The molecule has 0 fully saturated rings. The number of nitrogens with one attached hydrogen (secondary N) is 1. The third-order valence-corrected chi connectivity index (χ3v) is 4.73. The Hall–Kier alpha value is -2.53. The summed E-state index contributed by atoms with van der Waals surface area (Å²) < 4.78 is 7.28. The third kappa shape index (κ3) is 2.61. The molecule has 2 aromatic carbocycles. The summed E-state index contributed by atoms with van der Waals surface area (Å²) in [7, 11) is 1.68. The molecule has 1 aliphatic heterocycles. The normalized spacial score (nSPS) is 19.4. The minimum Gasteiger partial charge on any atom is -0.497 e. The Balaban J connectivity index is 1.75. The molecule has 0 aliphatic carbocycles. The van der Waals surface area contributed by atoms with Crippen molar-refractivity contribution in [3.8, 4) is 5.75 Å². The molecule has 24 heavy (non-hydrogen) atoms. The molecule has 1 aliphatic rings. The van der Waals surface area contributed by atoms with Crippen LogP contribution in [0.5, 0.6) is 5.75 Å². The maximum Gasteiger partial charge on any atom is 0.222 e. The van der Waals surface area contributed by atoms with Gasteiger partial charge >= 0.3 is 0 Å². The van der Waals surface area contributed by atoms with Crippen LogP contribution in [0.3, 0.4) is 0 Å². The summed E-state index contributed by atoms with van der Waals surface area (Å²) in [5.41, 5.74) is 2.21. The molecule has 3 aromatic rings. The van der Waals surface area contributed by atoms with Gasteiger partial charge in [-0.25, -0.2) is 4.68 Å². The average molecular weight is 341 g/mol. The van der Waals surface area contributed by atoms with E-state index in [0.29, 0.717) is 0 Å². The highest BCUT2D eigenvalue weighted by atomic mass is 35.5. The molecule has 6 heteroatoms. The molecule has 2 atom stereocenters. The van der Waals surface area contributed by atoms with Gasteiger partial charge in [0.05, 0.1) is 19.2 Å². The number of hydrogen-bond donors (Lipinski definition) is 1. The van der Waals surface area contributed by atoms with E-state index < -0.39 is 0 Å². The largest absolute Gasteiger partial charge is 0.497 e. The van der Waals surface area contributed by atoms with Gasteiger partial charge in [0, 0.05) is 5.02 Å². The summed E-state index contributed by atoms with van der Waals surface area (Å²) >= 11 is 6.40. The number of methoxy groups -OCH3 is 1. The second-order valence-electron chi connectivity index (χ2n) is 5.77. The Kier molecular flexibility index (Phi) is 3.86. The van der Waals surface area contributed by atoms with Gasteiger partial charge in [-0.15, -0.1) is 0 Å². The smallest absolute Gasteiger partial charge is 0.222 e. The molecular weight excluding hydrogens is 324 g/mol. The van der Waals surface area contributed by atoms with E-state index in [1.54, 1.807) is 13.4 Å². The number of hydrogen-bond acceptors (Lipinski definition) is 4. The van der Waals surface area contributed by atoms with Crippen LogP contribution in [-0.2, 0) is 0 Å². The van der Waals surface area contributed by atoms with Gasteiger partial charge in [0.1, 0.15) is 12.1 Å². The standard InChI is InChI=1S/C18H17ClN4O/c1-24-13-6-4-5-12(9-13)17-10-16(14-7-2-3-8-15(14)19)22-18-20-11-21-23(17)18/h2-9,11,16-17H,10H2,1H3,(H,20,21,22). The quantitative estimate of drug-likeness (QED) is 0.780. The van der Waals surface area contributed by atoms with Crippen LogP contribution in [-0.4, -0.2) is 21.9 Å². The summed E-state index contributed by atoms with van der Waals surface area (Å²) in [6, 6.07) is 16.1. The van der Waals surface area contributed by atoms with Crippen LogP contribution in [0.15, 0.2) is 54.9 Å². The van der Waals surface area contributed by atoms with Crippen LogP contribution in [0.2, 0.25) is 5.02 Å². The van der Waals surface area contributed by atoms with Gasteiger partial charge in [0.25, 0.3) is 0 Å². The fourth-order valence-electron chi connectivity index (χ4n) is 3.21. The van der Waals surface area contributed by atoms with E-state index in [4.69, 9.17) is 16.3 Å². The van der Waals surface area contributed by atoms with Crippen molar-refractivity contribution in [3.63, 3.8) is 0 Å². The van der Waals surface area contributed by atoms with Crippen molar-refractivity contribution in [1.82, 2.24) is 14.8 Å². The minimum absolute atomic E-state index is 0.0696. The summed E-state index contributed by atoms with van der Waals surface area (Å²) in [5.74, 6) is 1.58. The predicted octanol–water partition coefficient (Wildman–Crippen LogP) is 4.09. The molecule has 0 saturated heterocycles. The maximum atomic E-state index is 6.40. The number of nitrogens with zero attached hydrogens (tertiary/aromatic N) is 3. The second-order valence-corrected chi connectivity index (χ2v) is 6.18. The lowest BCUT2D eigenvalue weighted by atomic mass is 9.93. The Morgan fingerprint density at radius 2 is 2.08 bits per heavy atom. The van der Waals surface area contributed by atoms with E-state index in [9.17, 15) is 0 Å². The van der Waals surface area contributed by atoms with Gasteiger partial charge in [-0.3, -0.25) is 0 Å². The van der Waals surface area contributed by atoms with E-state index >= 15 is 0 Å². The van der Waals surface area contributed by atoms with Gasteiger partial charge in [-0.1, -0.05) is 41.9 Å². The molecule has 0 radical (unpaired) electrons. The Labute approximate surface area is 145 Å². The molecule has 1 N–H and O–H groups in total. The van der Waals surface area contributed by atoms with Gasteiger partial charge in [0.2, 0.25) is 5.95 Å². The number of anilines is 1. The van der Waals surface area contributed by atoms with E-state index in [1.165, 1.54) is 0 Å². The minimum atomic E-state index is 0.0696. The summed E-state index contributed by atoms with van der Waals surface area (Å²) in [4.78, 5) is 4.35. The first-order chi connectivity index (χ1) is 11.8. The van der Waals surface area contributed by atoms with Gasteiger partial charge in [-0.05, 0) is 35.7 Å².